The predicted octanol–water partition coefficient (Wildman–Crippen LogP) is 1.88. The number of morpholine rings is 1. The molecular formula is C25H29N5O4S. The van der Waals surface area contributed by atoms with Crippen LogP contribution < -0.4 is 10.2 Å². The van der Waals surface area contributed by atoms with Gasteiger partial charge in [-0.3, -0.25) is 9.59 Å². The van der Waals surface area contributed by atoms with Crippen molar-refractivity contribution in [1.82, 2.24) is 19.8 Å². The lowest BCUT2D eigenvalue weighted by molar-refractivity contribution is 0.00590. The third kappa shape index (κ3) is 3.71. The molecule has 0 unspecified atom stereocenters. The monoisotopic (exact) mass is 495 g/mol. The van der Waals surface area contributed by atoms with Crippen LogP contribution in [0.15, 0.2) is 24.4 Å². The smallest absolute Gasteiger partial charge is 0.264 e. The van der Waals surface area contributed by atoms with Crippen LogP contribution in [0.5, 0.6) is 0 Å². The molecule has 1 aromatic carbocycles. The van der Waals surface area contributed by atoms with Crippen LogP contribution in [0.2, 0.25) is 0 Å². The molecule has 2 saturated heterocycles. The van der Waals surface area contributed by atoms with Crippen LogP contribution in [-0.4, -0.2) is 76.4 Å². The molecule has 3 aliphatic rings. The number of carbonyl (C=O) groups is 2. The molecule has 1 atom stereocenters. The molecule has 2 amide bonds. The normalized spacial score (nSPS) is 21.8. The van der Waals surface area contributed by atoms with E-state index in [0.29, 0.717) is 43.3 Å². The van der Waals surface area contributed by atoms with E-state index >= 15 is 0 Å². The van der Waals surface area contributed by atoms with Crippen molar-refractivity contribution in [2.45, 2.75) is 38.0 Å². The number of carbonyl (C=O) groups excluding carboxylic acids is 2. The van der Waals surface area contributed by atoms with Crippen LogP contribution in [0.1, 0.15) is 45.1 Å². The first-order chi connectivity index (χ1) is 16.7. The molecular weight excluding hydrogens is 466 g/mol. The second-order valence-electron chi connectivity index (χ2n) is 10.2. The quantitative estimate of drug-likeness (QED) is 0.573. The number of nitrogens with zero attached hydrogens (tertiary/aromatic N) is 4. The standard InChI is InChI=1S/C25H29N5O4S/c1-25(2)21-20(22(32)27-25)35-24(26-21)30-6-7-34-13-16(30)8-15-10-28(3)19-5-4-14(9-18(15)19)23(33)29-11-17(31)12-29/h4-5,9-10,16-17,31H,6-8,11-13H2,1-3H3,(H,27,32)/t16-/m0/s1. The van der Waals surface area contributed by atoms with Gasteiger partial charge in [-0.15, -0.1) is 0 Å². The summed E-state index contributed by atoms with van der Waals surface area (Å²) in [7, 11) is 2.01. The van der Waals surface area contributed by atoms with Gasteiger partial charge >= 0.3 is 0 Å². The lowest BCUT2D eigenvalue weighted by Gasteiger charge is -2.36. The second kappa shape index (κ2) is 8.04. The van der Waals surface area contributed by atoms with Crippen molar-refractivity contribution >= 4 is 39.2 Å². The average molecular weight is 496 g/mol. The van der Waals surface area contributed by atoms with Gasteiger partial charge in [0.15, 0.2) is 5.13 Å². The number of aryl methyl sites for hydroxylation is 1. The zero-order chi connectivity index (χ0) is 24.5. The zero-order valence-corrected chi connectivity index (χ0v) is 20.9. The lowest BCUT2D eigenvalue weighted by atomic mass is 10.0. The third-order valence-corrected chi connectivity index (χ3v) is 8.33. The number of hydrogen-bond acceptors (Lipinski definition) is 7. The van der Waals surface area contributed by atoms with Gasteiger partial charge in [0.2, 0.25) is 0 Å². The number of aliphatic hydroxyl groups is 1. The first kappa shape index (κ1) is 22.5. The van der Waals surface area contributed by atoms with Crippen LogP contribution >= 0.6 is 11.3 Å². The molecule has 3 aliphatic heterocycles. The summed E-state index contributed by atoms with van der Waals surface area (Å²) in [5, 5.41) is 14.5. The molecule has 0 saturated carbocycles. The van der Waals surface area contributed by atoms with Crippen molar-refractivity contribution in [3.05, 3.63) is 46.1 Å². The van der Waals surface area contributed by atoms with E-state index in [2.05, 4.69) is 21.0 Å². The number of fused-ring (bicyclic) bond motifs is 2. The SMILES string of the molecule is Cn1cc(C[C@H]2COCCN2c2nc3c(s2)C(=O)NC3(C)C)c2cc(C(=O)N3CC(O)C3)ccc21. The van der Waals surface area contributed by atoms with Crippen LogP contribution in [0.3, 0.4) is 0 Å². The summed E-state index contributed by atoms with van der Waals surface area (Å²) in [5.41, 5.74) is 3.20. The maximum absolute atomic E-state index is 12.8. The molecule has 0 spiro atoms. The molecule has 6 rings (SSSR count). The van der Waals surface area contributed by atoms with Gasteiger partial charge in [-0.2, -0.15) is 0 Å². The van der Waals surface area contributed by atoms with E-state index < -0.39 is 11.6 Å². The molecule has 0 aliphatic carbocycles. The molecule has 184 valence electrons. The Kier molecular flexibility index (Phi) is 5.17. The average Bonchev–Trinajstić information content (AvgIpc) is 3.45. The van der Waals surface area contributed by atoms with Crippen LogP contribution in [0.4, 0.5) is 5.13 Å². The summed E-state index contributed by atoms with van der Waals surface area (Å²) in [6.07, 6.45) is 2.44. The first-order valence-corrected chi connectivity index (χ1v) is 12.8. The van der Waals surface area contributed by atoms with E-state index in [-0.39, 0.29) is 17.9 Å². The number of aromatic nitrogens is 2. The number of amides is 2. The van der Waals surface area contributed by atoms with Gasteiger partial charge in [0.05, 0.1) is 36.6 Å². The number of rotatable bonds is 4. The van der Waals surface area contributed by atoms with Gasteiger partial charge in [-0.1, -0.05) is 11.3 Å². The summed E-state index contributed by atoms with van der Waals surface area (Å²) >= 11 is 1.45. The molecule has 2 N–H and O–H groups in total. The summed E-state index contributed by atoms with van der Waals surface area (Å²) in [6.45, 7) is 6.64. The number of likely N-dealkylation sites (tertiary alicyclic amines) is 1. The van der Waals surface area contributed by atoms with Crippen molar-refractivity contribution in [1.29, 1.82) is 0 Å². The van der Waals surface area contributed by atoms with Crippen LogP contribution in [0, 0.1) is 0 Å². The number of ether oxygens (including phenoxy) is 1. The summed E-state index contributed by atoms with van der Waals surface area (Å²) in [5.74, 6) is -0.104. The van der Waals surface area contributed by atoms with E-state index in [4.69, 9.17) is 9.72 Å². The minimum absolute atomic E-state index is 0.0483. The Labute approximate surface area is 207 Å². The fraction of sp³-hybridized carbons (Fsp3) is 0.480. The van der Waals surface area contributed by atoms with Crippen molar-refractivity contribution in [2.24, 2.45) is 7.05 Å². The zero-order valence-electron chi connectivity index (χ0n) is 20.1. The lowest BCUT2D eigenvalue weighted by Crippen LogP contribution is -2.53. The first-order valence-electron chi connectivity index (χ1n) is 11.9. The number of hydrogen-bond donors (Lipinski definition) is 2. The predicted molar refractivity (Wildman–Crippen MR) is 133 cm³/mol. The largest absolute Gasteiger partial charge is 0.389 e. The van der Waals surface area contributed by atoms with Crippen molar-refractivity contribution in [2.75, 3.05) is 37.7 Å². The highest BCUT2D eigenvalue weighted by Crippen LogP contribution is 2.38. The number of thiazole rings is 1. The molecule has 35 heavy (non-hydrogen) atoms. The number of aliphatic hydroxyl groups excluding tert-OH is 1. The number of anilines is 1. The van der Waals surface area contributed by atoms with Crippen LogP contribution in [-0.2, 0) is 23.7 Å². The van der Waals surface area contributed by atoms with Crippen molar-refractivity contribution in [3.8, 4) is 0 Å². The second-order valence-corrected chi connectivity index (χ2v) is 11.2. The number of nitrogens with one attached hydrogen (secondary N) is 1. The molecule has 5 heterocycles. The molecule has 10 heteroatoms. The molecule has 0 bridgehead atoms. The van der Waals surface area contributed by atoms with E-state index in [1.54, 1.807) is 4.90 Å². The van der Waals surface area contributed by atoms with Gasteiger partial charge in [0.1, 0.15) is 4.88 Å². The van der Waals surface area contributed by atoms with E-state index in [0.717, 1.165) is 33.7 Å². The Hall–Kier alpha value is -2.95. The van der Waals surface area contributed by atoms with Crippen molar-refractivity contribution in [3.63, 3.8) is 0 Å². The van der Waals surface area contributed by atoms with E-state index in [1.165, 1.54) is 11.3 Å². The van der Waals surface area contributed by atoms with Gasteiger partial charge < -0.3 is 29.5 Å². The van der Waals surface area contributed by atoms with Crippen molar-refractivity contribution < 1.29 is 19.4 Å². The molecule has 3 aromatic rings. The van der Waals surface area contributed by atoms with E-state index in [9.17, 15) is 14.7 Å². The third-order valence-electron chi connectivity index (χ3n) is 7.24. The maximum Gasteiger partial charge on any atom is 0.264 e. The van der Waals surface area contributed by atoms with Gasteiger partial charge in [0, 0.05) is 49.3 Å². The maximum atomic E-state index is 12.8. The van der Waals surface area contributed by atoms with E-state index in [1.807, 2.05) is 39.1 Å². The number of β-amino-alcohol motifs (C(OH)–C–C–N with tert-alkyl or cyclic N) is 1. The fourth-order valence-electron chi connectivity index (χ4n) is 5.31. The highest BCUT2D eigenvalue weighted by atomic mass is 32.1. The number of benzene rings is 1. The Morgan fingerprint density at radius 1 is 1.34 bits per heavy atom. The summed E-state index contributed by atoms with van der Waals surface area (Å²) in [6, 6.07) is 5.88. The topological polar surface area (TPSA) is 99.9 Å². The Morgan fingerprint density at radius 2 is 2.14 bits per heavy atom. The van der Waals surface area contributed by atoms with Gasteiger partial charge in [-0.25, -0.2) is 4.98 Å². The van der Waals surface area contributed by atoms with Crippen LogP contribution in [0.25, 0.3) is 10.9 Å². The Morgan fingerprint density at radius 3 is 2.89 bits per heavy atom. The van der Waals surface area contributed by atoms with Gasteiger partial charge in [-0.05, 0) is 44.0 Å². The fourth-order valence-corrected chi connectivity index (χ4v) is 6.53. The minimum Gasteiger partial charge on any atom is -0.389 e. The Balaban J connectivity index is 1.30. The summed E-state index contributed by atoms with van der Waals surface area (Å²) < 4.78 is 7.94. The highest BCUT2D eigenvalue weighted by Gasteiger charge is 2.40. The molecule has 2 aromatic heterocycles. The minimum atomic E-state index is -0.464. The highest BCUT2D eigenvalue weighted by molar-refractivity contribution is 7.17. The van der Waals surface area contributed by atoms with Gasteiger partial charge in [0.25, 0.3) is 11.8 Å². The molecule has 0 radical (unpaired) electrons. The Bertz CT molecular complexity index is 1340. The molecule has 9 nitrogen and oxygen atoms in total. The summed E-state index contributed by atoms with van der Waals surface area (Å²) in [4.78, 5) is 34.8. The molecule has 2 fully saturated rings.